The molecule has 2 unspecified atom stereocenters. The molecule has 1 aromatic rings. The zero-order valence-electron chi connectivity index (χ0n) is 16.6. The lowest BCUT2D eigenvalue weighted by Gasteiger charge is -2.33. The average molecular weight is 386 g/mol. The number of nitrogens with zero attached hydrogens (tertiary/aromatic N) is 3. The molecule has 1 heterocycles. The first-order valence-corrected chi connectivity index (χ1v) is 10.2. The maximum Gasteiger partial charge on any atom is 0.168 e. The van der Waals surface area contributed by atoms with Crippen LogP contribution in [0.25, 0.3) is 0 Å². The highest BCUT2D eigenvalue weighted by atomic mass is 16.3. The Labute approximate surface area is 167 Å². The molecule has 1 saturated heterocycles. The predicted octanol–water partition coefficient (Wildman–Crippen LogP) is 1.87. The van der Waals surface area contributed by atoms with E-state index in [-0.39, 0.29) is 30.0 Å². The van der Waals surface area contributed by atoms with E-state index in [0.717, 1.165) is 44.8 Å². The van der Waals surface area contributed by atoms with Crippen molar-refractivity contribution in [2.75, 3.05) is 52.4 Å². The number of allylic oxidation sites excluding steroid dienone is 2. The van der Waals surface area contributed by atoms with Crippen LogP contribution in [-0.2, 0) is 4.79 Å². The zero-order valence-corrected chi connectivity index (χ0v) is 16.6. The smallest absolute Gasteiger partial charge is 0.168 e. The van der Waals surface area contributed by atoms with Crippen LogP contribution in [0.1, 0.15) is 24.8 Å². The Morgan fingerprint density at radius 1 is 1.11 bits per heavy atom. The molecule has 1 aliphatic heterocycles. The number of hydrogen-bond acceptors (Lipinski definition) is 6. The number of Topliss-reactive ketones (excluding diaryl/α,β-unsaturated/α-hetero) is 1. The lowest BCUT2D eigenvalue weighted by atomic mass is 9.76. The van der Waals surface area contributed by atoms with Crippen LogP contribution in [0.3, 0.4) is 0 Å². The van der Waals surface area contributed by atoms with Crippen LogP contribution < -0.4 is 0 Å². The number of ketones is 1. The molecule has 6 heteroatoms. The van der Waals surface area contributed by atoms with E-state index < -0.39 is 0 Å². The number of benzene rings is 1. The summed E-state index contributed by atoms with van der Waals surface area (Å²) in [6, 6.07) is 9.92. The molecule has 0 aromatic heterocycles. The molecule has 3 rings (SSSR count). The molecule has 152 valence electrons. The van der Waals surface area contributed by atoms with Crippen molar-refractivity contribution in [1.29, 1.82) is 0 Å². The van der Waals surface area contributed by atoms with Crippen molar-refractivity contribution in [3.05, 3.63) is 47.2 Å². The minimum Gasteiger partial charge on any atom is -0.511 e. The molecular formula is C22H31N3O3. The lowest BCUT2D eigenvalue weighted by Crippen LogP contribution is -2.47. The van der Waals surface area contributed by atoms with E-state index in [2.05, 4.69) is 14.8 Å². The predicted molar refractivity (Wildman–Crippen MR) is 111 cm³/mol. The van der Waals surface area contributed by atoms with Gasteiger partial charge >= 0.3 is 0 Å². The number of hydrogen-bond donors (Lipinski definition) is 2. The summed E-state index contributed by atoms with van der Waals surface area (Å²) < 4.78 is 0. The van der Waals surface area contributed by atoms with Crippen LogP contribution in [0.4, 0.5) is 0 Å². The Balaban J connectivity index is 1.53. The van der Waals surface area contributed by atoms with Gasteiger partial charge in [-0.2, -0.15) is 0 Å². The third-order valence-electron chi connectivity index (χ3n) is 5.89. The summed E-state index contributed by atoms with van der Waals surface area (Å²) in [5, 5.41) is 19.6. The molecule has 28 heavy (non-hydrogen) atoms. The SMILES string of the molecule is CC1C(O)=C(C=NCCN2CCN(CCO)CC2)C(=O)CC1c1ccccc1. The second-order valence-corrected chi connectivity index (χ2v) is 7.67. The zero-order chi connectivity index (χ0) is 19.9. The van der Waals surface area contributed by atoms with Crippen molar-refractivity contribution in [2.45, 2.75) is 19.3 Å². The number of aliphatic hydroxyl groups excluding tert-OH is 2. The van der Waals surface area contributed by atoms with Crippen molar-refractivity contribution < 1.29 is 15.0 Å². The van der Waals surface area contributed by atoms with Gasteiger partial charge in [0.1, 0.15) is 5.76 Å². The van der Waals surface area contributed by atoms with Gasteiger partial charge in [0.25, 0.3) is 0 Å². The number of piperazine rings is 1. The Morgan fingerprint density at radius 2 is 1.75 bits per heavy atom. The first kappa shape index (κ1) is 20.7. The molecule has 0 amide bonds. The summed E-state index contributed by atoms with van der Waals surface area (Å²) in [5.74, 6) is 0.0412. The van der Waals surface area contributed by atoms with Gasteiger partial charge in [0.2, 0.25) is 0 Å². The summed E-state index contributed by atoms with van der Waals surface area (Å²) >= 11 is 0. The fourth-order valence-corrected chi connectivity index (χ4v) is 4.04. The highest BCUT2D eigenvalue weighted by molar-refractivity contribution is 6.14. The van der Waals surface area contributed by atoms with Crippen LogP contribution in [0, 0.1) is 5.92 Å². The highest BCUT2D eigenvalue weighted by Crippen LogP contribution is 2.37. The molecule has 1 aliphatic carbocycles. The van der Waals surface area contributed by atoms with E-state index in [9.17, 15) is 9.90 Å². The van der Waals surface area contributed by atoms with Crippen LogP contribution in [0.15, 0.2) is 46.7 Å². The topological polar surface area (TPSA) is 76.4 Å². The summed E-state index contributed by atoms with van der Waals surface area (Å²) in [5.41, 5.74) is 1.46. The van der Waals surface area contributed by atoms with Gasteiger partial charge < -0.3 is 10.2 Å². The number of aliphatic imine (C=N–C) groups is 1. The van der Waals surface area contributed by atoms with Gasteiger partial charge in [-0.3, -0.25) is 19.6 Å². The third kappa shape index (κ3) is 5.07. The van der Waals surface area contributed by atoms with Crippen LogP contribution in [-0.4, -0.2) is 84.4 Å². The summed E-state index contributed by atoms with van der Waals surface area (Å²) in [6.45, 7) is 8.24. The van der Waals surface area contributed by atoms with Crippen LogP contribution in [0.2, 0.25) is 0 Å². The van der Waals surface area contributed by atoms with Crippen LogP contribution in [0.5, 0.6) is 0 Å². The van der Waals surface area contributed by atoms with Crippen molar-refractivity contribution in [3.63, 3.8) is 0 Å². The molecule has 2 atom stereocenters. The molecule has 0 radical (unpaired) electrons. The minimum atomic E-state index is -0.0962. The standard InChI is InChI=1S/C22H31N3O3/c1-17-19(18-5-3-2-4-6-18)15-21(27)20(22(17)28)16-23-7-8-24-9-11-25(12-10-24)13-14-26/h2-6,16-17,19,26,28H,7-15H2,1H3. The molecule has 6 nitrogen and oxygen atoms in total. The van der Waals surface area contributed by atoms with E-state index in [1.165, 1.54) is 0 Å². The van der Waals surface area contributed by atoms with Crippen molar-refractivity contribution >= 4 is 12.0 Å². The molecular weight excluding hydrogens is 354 g/mol. The maximum absolute atomic E-state index is 12.6. The van der Waals surface area contributed by atoms with Gasteiger partial charge in [0, 0.05) is 63.7 Å². The van der Waals surface area contributed by atoms with Crippen molar-refractivity contribution in [2.24, 2.45) is 10.9 Å². The number of aliphatic hydroxyl groups is 2. The van der Waals surface area contributed by atoms with Gasteiger partial charge in [-0.15, -0.1) is 0 Å². The average Bonchev–Trinajstić information content (AvgIpc) is 2.72. The quantitative estimate of drug-likeness (QED) is 0.701. The molecule has 0 saturated carbocycles. The van der Waals surface area contributed by atoms with Crippen molar-refractivity contribution in [1.82, 2.24) is 9.80 Å². The van der Waals surface area contributed by atoms with Gasteiger partial charge in [0.05, 0.1) is 18.7 Å². The first-order valence-electron chi connectivity index (χ1n) is 10.2. The normalized spacial score (nSPS) is 25.0. The van der Waals surface area contributed by atoms with Gasteiger partial charge in [-0.25, -0.2) is 0 Å². The van der Waals surface area contributed by atoms with E-state index in [4.69, 9.17) is 5.11 Å². The van der Waals surface area contributed by atoms with Crippen LogP contribution >= 0.6 is 0 Å². The van der Waals surface area contributed by atoms with E-state index in [0.29, 0.717) is 18.5 Å². The molecule has 1 fully saturated rings. The highest BCUT2D eigenvalue weighted by Gasteiger charge is 2.33. The second kappa shape index (κ2) is 9.96. The third-order valence-corrected chi connectivity index (χ3v) is 5.89. The Morgan fingerprint density at radius 3 is 2.39 bits per heavy atom. The van der Waals surface area contributed by atoms with Gasteiger partial charge in [-0.05, 0) is 5.56 Å². The lowest BCUT2D eigenvalue weighted by molar-refractivity contribution is -0.116. The van der Waals surface area contributed by atoms with E-state index in [1.807, 2.05) is 37.3 Å². The number of carbonyl (C=O) groups excluding carboxylic acids is 1. The fraction of sp³-hybridized carbons (Fsp3) is 0.545. The monoisotopic (exact) mass is 385 g/mol. The largest absolute Gasteiger partial charge is 0.511 e. The van der Waals surface area contributed by atoms with Gasteiger partial charge in [0.15, 0.2) is 5.78 Å². The van der Waals surface area contributed by atoms with E-state index >= 15 is 0 Å². The fourth-order valence-electron chi connectivity index (χ4n) is 4.04. The second-order valence-electron chi connectivity index (χ2n) is 7.67. The number of rotatable bonds is 7. The Bertz CT molecular complexity index is 709. The summed E-state index contributed by atoms with van der Waals surface area (Å²) in [7, 11) is 0. The van der Waals surface area contributed by atoms with E-state index in [1.54, 1.807) is 6.21 Å². The molecule has 0 spiro atoms. The molecule has 2 N–H and O–H groups in total. The number of β-amino-alcohol motifs (C(OH)–C–C–N with tert-alkyl or cyclic N) is 1. The Kier molecular flexibility index (Phi) is 7.36. The van der Waals surface area contributed by atoms with Gasteiger partial charge in [-0.1, -0.05) is 37.3 Å². The maximum atomic E-state index is 12.6. The molecule has 2 aliphatic rings. The summed E-state index contributed by atoms with van der Waals surface area (Å²) in [6.07, 6.45) is 1.97. The first-order chi connectivity index (χ1) is 13.6. The molecule has 1 aromatic carbocycles. The summed E-state index contributed by atoms with van der Waals surface area (Å²) in [4.78, 5) is 21.6. The minimum absolute atomic E-state index is 0.0149. The number of carbonyl (C=O) groups is 1. The van der Waals surface area contributed by atoms with Crippen molar-refractivity contribution in [3.8, 4) is 0 Å². The molecule has 0 bridgehead atoms. The Hall–Kier alpha value is -2.02.